The number of nitrogens with one attached hydrogen (secondary N) is 2. The first kappa shape index (κ1) is 17.5. The van der Waals surface area contributed by atoms with Crippen LogP contribution in [0.2, 0.25) is 0 Å². The van der Waals surface area contributed by atoms with E-state index in [1.807, 2.05) is 48.5 Å². The quantitative estimate of drug-likeness (QED) is 0.642. The van der Waals surface area contributed by atoms with Gasteiger partial charge in [-0.25, -0.2) is 0 Å². The molecule has 2 amide bonds. The van der Waals surface area contributed by atoms with Gasteiger partial charge < -0.3 is 15.5 Å². The minimum absolute atomic E-state index is 0.0212. The third-order valence-corrected chi connectivity index (χ3v) is 5.78. The van der Waals surface area contributed by atoms with Crippen molar-refractivity contribution >= 4 is 57.1 Å². The molecule has 1 aromatic heterocycles. The molecule has 0 spiro atoms. The van der Waals surface area contributed by atoms with Gasteiger partial charge in [0.25, 0.3) is 0 Å². The highest BCUT2D eigenvalue weighted by Gasteiger charge is 2.26. The number of aromatic nitrogens is 2. The summed E-state index contributed by atoms with van der Waals surface area (Å²) >= 11 is 2.69. The molecular formula is C18H15N5O2S2. The summed E-state index contributed by atoms with van der Waals surface area (Å²) in [5, 5.41) is 14.8. The average Bonchev–Trinajstić information content (AvgIpc) is 3.13. The Morgan fingerprint density at radius 2 is 1.93 bits per heavy atom. The maximum absolute atomic E-state index is 12.6. The number of anilines is 4. The number of nitrogens with zero attached hydrogens (tertiary/aromatic N) is 3. The molecule has 0 bridgehead atoms. The summed E-state index contributed by atoms with van der Waals surface area (Å²) in [5.41, 5.74) is 2.29. The van der Waals surface area contributed by atoms with E-state index in [-0.39, 0.29) is 24.1 Å². The monoisotopic (exact) mass is 397 g/mol. The molecule has 4 rings (SSSR count). The minimum atomic E-state index is -0.197. The highest BCUT2D eigenvalue weighted by atomic mass is 32.2. The fourth-order valence-electron chi connectivity index (χ4n) is 2.62. The molecule has 3 aromatic rings. The maximum Gasteiger partial charge on any atom is 0.244 e. The Morgan fingerprint density at radius 1 is 1.15 bits per heavy atom. The number of benzene rings is 2. The minimum Gasteiger partial charge on any atom is -0.330 e. The lowest BCUT2D eigenvalue weighted by molar-refractivity contribution is -0.120. The van der Waals surface area contributed by atoms with Crippen LogP contribution in [0.3, 0.4) is 0 Å². The van der Waals surface area contributed by atoms with Gasteiger partial charge in [0.2, 0.25) is 16.9 Å². The van der Waals surface area contributed by atoms with Crippen LogP contribution in [-0.4, -0.2) is 34.3 Å². The summed E-state index contributed by atoms with van der Waals surface area (Å²) < 4.78 is 0.691. The van der Waals surface area contributed by atoms with Crippen LogP contribution in [0.25, 0.3) is 0 Å². The third kappa shape index (κ3) is 4.09. The largest absolute Gasteiger partial charge is 0.330 e. The summed E-state index contributed by atoms with van der Waals surface area (Å²) in [7, 11) is 0. The number of carbonyl (C=O) groups is 2. The van der Waals surface area contributed by atoms with Crippen molar-refractivity contribution in [2.45, 2.75) is 4.34 Å². The van der Waals surface area contributed by atoms with Crippen molar-refractivity contribution in [3.63, 3.8) is 0 Å². The van der Waals surface area contributed by atoms with Gasteiger partial charge in [0, 0.05) is 5.69 Å². The second-order valence-corrected chi connectivity index (χ2v) is 7.90. The van der Waals surface area contributed by atoms with Crippen LogP contribution in [0.4, 0.5) is 22.2 Å². The first-order valence-corrected chi connectivity index (χ1v) is 9.97. The van der Waals surface area contributed by atoms with Gasteiger partial charge >= 0.3 is 0 Å². The van der Waals surface area contributed by atoms with Crippen LogP contribution in [-0.2, 0) is 9.59 Å². The van der Waals surface area contributed by atoms with Crippen LogP contribution in [0.5, 0.6) is 0 Å². The van der Waals surface area contributed by atoms with Crippen molar-refractivity contribution in [1.29, 1.82) is 0 Å². The van der Waals surface area contributed by atoms with Crippen molar-refractivity contribution < 1.29 is 9.59 Å². The molecule has 1 aliphatic rings. The van der Waals surface area contributed by atoms with E-state index in [0.29, 0.717) is 20.8 Å². The Bertz CT molecular complexity index is 977. The van der Waals surface area contributed by atoms with Crippen molar-refractivity contribution in [2.75, 3.05) is 27.8 Å². The molecule has 9 heteroatoms. The van der Waals surface area contributed by atoms with Crippen molar-refractivity contribution in [3.05, 3.63) is 54.6 Å². The second-order valence-electron chi connectivity index (χ2n) is 5.70. The number of hydrogen-bond acceptors (Lipinski definition) is 7. The van der Waals surface area contributed by atoms with Gasteiger partial charge in [-0.05, 0) is 24.3 Å². The van der Waals surface area contributed by atoms with Gasteiger partial charge in [-0.2, -0.15) is 0 Å². The van der Waals surface area contributed by atoms with Crippen LogP contribution in [0, 0.1) is 0 Å². The molecule has 2 heterocycles. The number of amides is 2. The molecule has 27 heavy (non-hydrogen) atoms. The molecule has 7 nitrogen and oxygen atoms in total. The lowest BCUT2D eigenvalue weighted by Crippen LogP contribution is -2.43. The van der Waals surface area contributed by atoms with Gasteiger partial charge in [-0.15, -0.1) is 10.2 Å². The van der Waals surface area contributed by atoms with E-state index in [1.165, 1.54) is 28.0 Å². The Hall–Kier alpha value is -2.91. The van der Waals surface area contributed by atoms with E-state index >= 15 is 0 Å². The zero-order chi connectivity index (χ0) is 18.6. The first-order valence-electron chi connectivity index (χ1n) is 8.17. The molecule has 136 valence electrons. The van der Waals surface area contributed by atoms with E-state index < -0.39 is 0 Å². The number of para-hydroxylation sites is 3. The second kappa shape index (κ2) is 7.77. The lowest BCUT2D eigenvalue weighted by Gasteiger charge is -2.28. The molecule has 0 atom stereocenters. The van der Waals surface area contributed by atoms with E-state index in [0.717, 1.165) is 5.69 Å². The molecule has 0 saturated carbocycles. The average molecular weight is 397 g/mol. The summed E-state index contributed by atoms with van der Waals surface area (Å²) in [4.78, 5) is 26.0. The maximum atomic E-state index is 12.6. The predicted octanol–water partition coefficient (Wildman–Crippen LogP) is 3.36. The van der Waals surface area contributed by atoms with E-state index in [9.17, 15) is 9.59 Å². The van der Waals surface area contributed by atoms with Crippen LogP contribution in [0.1, 0.15) is 0 Å². The fraction of sp³-hybridized carbons (Fsp3) is 0.111. The Balaban J connectivity index is 1.39. The predicted molar refractivity (Wildman–Crippen MR) is 108 cm³/mol. The molecule has 0 unspecified atom stereocenters. The zero-order valence-electron chi connectivity index (χ0n) is 14.1. The molecule has 0 aliphatic carbocycles. The molecule has 2 N–H and O–H groups in total. The third-order valence-electron chi connectivity index (χ3n) is 3.82. The summed E-state index contributed by atoms with van der Waals surface area (Å²) in [5.74, 6) is -0.158. The summed E-state index contributed by atoms with van der Waals surface area (Å²) in [6.45, 7) is 0.0212. The Labute approximate surface area is 163 Å². The Morgan fingerprint density at radius 3 is 2.78 bits per heavy atom. The van der Waals surface area contributed by atoms with E-state index in [2.05, 4.69) is 20.8 Å². The number of rotatable bonds is 5. The highest BCUT2D eigenvalue weighted by Crippen LogP contribution is 2.31. The van der Waals surface area contributed by atoms with Gasteiger partial charge in [-0.3, -0.25) is 9.59 Å². The fourth-order valence-corrected chi connectivity index (χ4v) is 4.27. The Kier molecular flexibility index (Phi) is 5.03. The van der Waals surface area contributed by atoms with Crippen molar-refractivity contribution in [2.24, 2.45) is 0 Å². The first-order chi connectivity index (χ1) is 13.2. The van der Waals surface area contributed by atoms with Crippen molar-refractivity contribution in [1.82, 2.24) is 10.2 Å². The van der Waals surface area contributed by atoms with Gasteiger partial charge in [0.15, 0.2) is 4.34 Å². The molecular weight excluding hydrogens is 382 g/mol. The van der Waals surface area contributed by atoms with Crippen LogP contribution in [0.15, 0.2) is 58.9 Å². The number of fused-ring (bicyclic) bond motifs is 1. The molecule has 2 aromatic carbocycles. The van der Waals surface area contributed by atoms with Crippen LogP contribution >= 0.6 is 23.1 Å². The zero-order valence-corrected chi connectivity index (χ0v) is 15.7. The highest BCUT2D eigenvalue weighted by molar-refractivity contribution is 8.01. The molecule has 1 aliphatic heterocycles. The summed E-state index contributed by atoms with van der Waals surface area (Å²) in [6.07, 6.45) is 0. The normalized spacial score (nSPS) is 13.0. The van der Waals surface area contributed by atoms with E-state index in [1.54, 1.807) is 6.07 Å². The molecule has 0 radical (unpaired) electrons. The number of thioether (sulfide) groups is 1. The van der Waals surface area contributed by atoms with E-state index in [4.69, 9.17) is 0 Å². The SMILES string of the molecule is O=C1CN(C(=O)CSc2nnc(Nc3ccccc3)s2)c2ccccc2N1. The summed E-state index contributed by atoms with van der Waals surface area (Å²) in [6, 6.07) is 17.0. The van der Waals surface area contributed by atoms with Crippen molar-refractivity contribution in [3.8, 4) is 0 Å². The van der Waals surface area contributed by atoms with Gasteiger partial charge in [0.05, 0.1) is 17.1 Å². The smallest absolute Gasteiger partial charge is 0.244 e. The number of carbonyl (C=O) groups excluding carboxylic acids is 2. The van der Waals surface area contributed by atoms with Gasteiger partial charge in [0.1, 0.15) is 6.54 Å². The number of hydrogen-bond donors (Lipinski definition) is 2. The molecule has 0 saturated heterocycles. The van der Waals surface area contributed by atoms with Gasteiger partial charge in [-0.1, -0.05) is 53.4 Å². The molecule has 0 fully saturated rings. The standard InChI is InChI=1S/C18H15N5O2S2/c24-15-10-23(14-9-5-4-8-13(14)20-15)16(25)11-26-18-22-21-17(27-18)19-12-6-2-1-3-7-12/h1-9H,10-11H2,(H,19,21)(H,20,24). The topological polar surface area (TPSA) is 87.2 Å². The van der Waals surface area contributed by atoms with Crippen LogP contribution < -0.4 is 15.5 Å². The lowest BCUT2D eigenvalue weighted by atomic mass is 10.2.